The molecule has 1 atom stereocenters. The van der Waals surface area contributed by atoms with E-state index < -0.39 is 0 Å². The van der Waals surface area contributed by atoms with Gasteiger partial charge in [-0.25, -0.2) is 0 Å². The predicted molar refractivity (Wildman–Crippen MR) is 111 cm³/mol. The quantitative estimate of drug-likeness (QED) is 0.670. The Labute approximate surface area is 169 Å². The summed E-state index contributed by atoms with van der Waals surface area (Å²) >= 11 is 0. The fourth-order valence-corrected chi connectivity index (χ4v) is 3.74. The molecule has 6 heteroatoms. The predicted octanol–water partition coefficient (Wildman–Crippen LogP) is 2.86. The number of carbonyl (C=O) groups excluding carboxylic acids is 1. The van der Waals surface area contributed by atoms with E-state index in [1.54, 1.807) is 23.9 Å². The SMILES string of the molecule is COCCn1cc(C(=O)N2CCO[C@@H](c3ccccc3)C2)c2ccccc2c1=O. The van der Waals surface area contributed by atoms with E-state index in [1.807, 2.05) is 53.4 Å². The molecule has 6 nitrogen and oxygen atoms in total. The molecule has 1 aliphatic rings. The molecule has 0 unspecified atom stereocenters. The van der Waals surface area contributed by atoms with Gasteiger partial charge < -0.3 is 18.9 Å². The van der Waals surface area contributed by atoms with E-state index in [2.05, 4.69) is 0 Å². The van der Waals surface area contributed by atoms with E-state index in [-0.39, 0.29) is 17.6 Å². The van der Waals surface area contributed by atoms with Gasteiger partial charge in [-0.15, -0.1) is 0 Å². The normalized spacial score (nSPS) is 16.9. The number of hydrogen-bond acceptors (Lipinski definition) is 4. The van der Waals surface area contributed by atoms with E-state index in [1.165, 1.54) is 0 Å². The standard InChI is InChI=1S/C23H24N2O4/c1-28-13-11-24-15-20(18-9-5-6-10-19(18)22(24)26)23(27)25-12-14-29-21(16-25)17-7-3-2-4-8-17/h2-10,15,21H,11-14,16H2,1H3/t21-/m1/s1. The van der Waals surface area contributed by atoms with Crippen LogP contribution in [0.2, 0.25) is 0 Å². The summed E-state index contributed by atoms with van der Waals surface area (Å²) in [4.78, 5) is 28.1. The maximum Gasteiger partial charge on any atom is 0.258 e. The molecular formula is C23H24N2O4. The van der Waals surface area contributed by atoms with E-state index in [0.29, 0.717) is 49.2 Å². The van der Waals surface area contributed by atoms with E-state index in [0.717, 1.165) is 5.56 Å². The Bertz CT molecular complexity index is 1060. The molecule has 2 heterocycles. The molecule has 4 rings (SSSR count). The Morgan fingerprint density at radius 2 is 1.83 bits per heavy atom. The van der Waals surface area contributed by atoms with Crippen LogP contribution in [-0.4, -0.2) is 48.8 Å². The number of methoxy groups -OCH3 is 1. The third-order valence-corrected chi connectivity index (χ3v) is 5.29. The van der Waals surface area contributed by atoms with E-state index >= 15 is 0 Å². The summed E-state index contributed by atoms with van der Waals surface area (Å²) in [7, 11) is 1.59. The molecule has 0 aliphatic carbocycles. The lowest BCUT2D eigenvalue weighted by molar-refractivity contribution is -0.0227. The second kappa shape index (κ2) is 8.59. The minimum Gasteiger partial charge on any atom is -0.383 e. The number of ether oxygens (including phenoxy) is 2. The first-order chi connectivity index (χ1) is 14.2. The molecule has 0 saturated carbocycles. The monoisotopic (exact) mass is 392 g/mol. The van der Waals surface area contributed by atoms with Gasteiger partial charge in [0.2, 0.25) is 0 Å². The van der Waals surface area contributed by atoms with Crippen LogP contribution in [0.15, 0.2) is 65.6 Å². The lowest BCUT2D eigenvalue weighted by atomic mass is 10.0. The third kappa shape index (κ3) is 3.95. The zero-order chi connectivity index (χ0) is 20.2. The second-order valence-corrected chi connectivity index (χ2v) is 7.10. The number of benzene rings is 2. The van der Waals surface area contributed by atoms with Crippen molar-refractivity contribution in [1.29, 1.82) is 0 Å². The largest absolute Gasteiger partial charge is 0.383 e. The number of aromatic nitrogens is 1. The second-order valence-electron chi connectivity index (χ2n) is 7.10. The Hall–Kier alpha value is -2.96. The smallest absolute Gasteiger partial charge is 0.258 e. The molecule has 0 radical (unpaired) electrons. The molecule has 1 saturated heterocycles. The van der Waals surface area contributed by atoms with Gasteiger partial charge in [0.05, 0.1) is 25.3 Å². The van der Waals surface area contributed by atoms with Gasteiger partial charge in [-0.2, -0.15) is 0 Å². The van der Waals surface area contributed by atoms with Gasteiger partial charge in [-0.1, -0.05) is 48.5 Å². The molecule has 150 valence electrons. The Morgan fingerprint density at radius 1 is 1.10 bits per heavy atom. The van der Waals surface area contributed by atoms with E-state index in [9.17, 15) is 9.59 Å². The third-order valence-electron chi connectivity index (χ3n) is 5.29. The van der Waals surface area contributed by atoms with Crippen molar-refractivity contribution in [3.63, 3.8) is 0 Å². The first-order valence-corrected chi connectivity index (χ1v) is 9.76. The number of carbonyl (C=O) groups is 1. The van der Waals surface area contributed by atoms with Gasteiger partial charge in [-0.3, -0.25) is 9.59 Å². The van der Waals surface area contributed by atoms with Crippen molar-refractivity contribution < 1.29 is 14.3 Å². The summed E-state index contributed by atoms with van der Waals surface area (Å²) < 4.78 is 12.6. The van der Waals surface area contributed by atoms with Gasteiger partial charge in [0, 0.05) is 37.2 Å². The van der Waals surface area contributed by atoms with Gasteiger partial charge in [-0.05, 0) is 11.6 Å². The van der Waals surface area contributed by atoms with Crippen LogP contribution < -0.4 is 5.56 Å². The van der Waals surface area contributed by atoms with Crippen molar-refractivity contribution in [3.05, 3.63) is 82.3 Å². The average Bonchev–Trinajstić information content (AvgIpc) is 2.79. The molecule has 0 N–H and O–H groups in total. The number of hydrogen-bond donors (Lipinski definition) is 0. The highest BCUT2D eigenvalue weighted by molar-refractivity contribution is 6.06. The van der Waals surface area contributed by atoms with Crippen LogP contribution in [0.3, 0.4) is 0 Å². The lowest BCUT2D eigenvalue weighted by Gasteiger charge is -2.33. The van der Waals surface area contributed by atoms with Crippen molar-refractivity contribution in [2.75, 3.05) is 33.4 Å². The number of morpholine rings is 1. The summed E-state index contributed by atoms with van der Waals surface area (Å²) in [6.45, 7) is 2.28. The van der Waals surface area contributed by atoms with Crippen molar-refractivity contribution in [2.45, 2.75) is 12.6 Å². The number of rotatable bonds is 5. The fourth-order valence-electron chi connectivity index (χ4n) is 3.74. The summed E-state index contributed by atoms with van der Waals surface area (Å²) in [5.41, 5.74) is 1.48. The van der Waals surface area contributed by atoms with Crippen molar-refractivity contribution >= 4 is 16.7 Å². The Morgan fingerprint density at radius 3 is 2.59 bits per heavy atom. The first kappa shape index (κ1) is 19.4. The number of pyridine rings is 1. The molecule has 29 heavy (non-hydrogen) atoms. The zero-order valence-electron chi connectivity index (χ0n) is 16.4. The molecule has 0 spiro atoms. The van der Waals surface area contributed by atoms with Crippen LogP contribution in [0, 0.1) is 0 Å². The maximum absolute atomic E-state index is 13.5. The van der Waals surface area contributed by atoms with Gasteiger partial charge in [0.25, 0.3) is 11.5 Å². The van der Waals surface area contributed by atoms with Crippen LogP contribution in [0.25, 0.3) is 10.8 Å². The molecule has 0 bridgehead atoms. The van der Waals surface area contributed by atoms with Crippen molar-refractivity contribution in [1.82, 2.24) is 9.47 Å². The number of amides is 1. The number of fused-ring (bicyclic) bond motifs is 1. The summed E-state index contributed by atoms with van der Waals surface area (Å²) in [6, 6.07) is 17.2. The van der Waals surface area contributed by atoms with Gasteiger partial charge in [0.15, 0.2) is 0 Å². The fraction of sp³-hybridized carbons (Fsp3) is 0.304. The maximum atomic E-state index is 13.5. The molecular weight excluding hydrogens is 368 g/mol. The highest BCUT2D eigenvalue weighted by atomic mass is 16.5. The highest BCUT2D eigenvalue weighted by Crippen LogP contribution is 2.24. The molecule has 1 amide bonds. The molecule has 1 fully saturated rings. The van der Waals surface area contributed by atoms with Crippen LogP contribution in [0.1, 0.15) is 22.0 Å². The average molecular weight is 392 g/mol. The zero-order valence-corrected chi connectivity index (χ0v) is 16.4. The van der Waals surface area contributed by atoms with Crippen LogP contribution in [-0.2, 0) is 16.0 Å². The first-order valence-electron chi connectivity index (χ1n) is 9.76. The van der Waals surface area contributed by atoms with Crippen molar-refractivity contribution in [2.24, 2.45) is 0 Å². The van der Waals surface area contributed by atoms with Crippen LogP contribution >= 0.6 is 0 Å². The highest BCUT2D eigenvalue weighted by Gasteiger charge is 2.27. The number of nitrogens with zero attached hydrogens (tertiary/aromatic N) is 2. The molecule has 2 aromatic carbocycles. The molecule has 3 aromatic rings. The minimum absolute atomic E-state index is 0.0865. The van der Waals surface area contributed by atoms with E-state index in [4.69, 9.17) is 9.47 Å². The topological polar surface area (TPSA) is 60.8 Å². The lowest BCUT2D eigenvalue weighted by Crippen LogP contribution is -2.42. The van der Waals surface area contributed by atoms with Gasteiger partial charge in [0.1, 0.15) is 6.10 Å². The Kier molecular flexibility index (Phi) is 5.74. The minimum atomic E-state index is -0.153. The Balaban J connectivity index is 1.69. The molecule has 1 aromatic heterocycles. The molecule has 1 aliphatic heterocycles. The van der Waals surface area contributed by atoms with Gasteiger partial charge >= 0.3 is 0 Å². The van der Waals surface area contributed by atoms with Crippen molar-refractivity contribution in [3.8, 4) is 0 Å². The summed E-state index contributed by atoms with van der Waals surface area (Å²) in [6.07, 6.45) is 1.51. The van der Waals surface area contributed by atoms with Crippen LogP contribution in [0.5, 0.6) is 0 Å². The summed E-state index contributed by atoms with van der Waals surface area (Å²) in [5.74, 6) is -0.0865. The summed E-state index contributed by atoms with van der Waals surface area (Å²) in [5, 5.41) is 1.22. The van der Waals surface area contributed by atoms with Crippen LogP contribution in [0.4, 0.5) is 0 Å².